The normalized spacial score (nSPS) is 11.9. The van der Waals surface area contributed by atoms with Crippen molar-refractivity contribution in [1.29, 1.82) is 0 Å². The first-order valence-corrected chi connectivity index (χ1v) is 26.2. The van der Waals surface area contributed by atoms with Gasteiger partial charge in [0.25, 0.3) is 0 Å². The summed E-state index contributed by atoms with van der Waals surface area (Å²) in [5, 5.41) is 0. The Balaban J connectivity index is 1.87. The monoisotopic (exact) mass is 970 g/mol. The smallest absolute Gasteiger partial charge is 0.415 e. The van der Waals surface area contributed by atoms with E-state index in [1.807, 2.05) is 0 Å². The van der Waals surface area contributed by atoms with E-state index >= 15 is 0 Å². The average molecular weight is 970 g/mol. The van der Waals surface area contributed by atoms with Crippen molar-refractivity contribution in [3.05, 3.63) is 29.3 Å². The molecule has 0 heterocycles. The topological polar surface area (TPSA) is 189 Å². The summed E-state index contributed by atoms with van der Waals surface area (Å²) in [7, 11) is -4.15. The maximum atomic E-state index is 10.8. The Morgan fingerprint density at radius 2 is 0.682 bits per heavy atom. The summed E-state index contributed by atoms with van der Waals surface area (Å²) >= 11 is 0. The number of aryl methyl sites for hydroxylation is 2. The molecule has 0 aliphatic rings. The van der Waals surface area contributed by atoms with Gasteiger partial charge in [-0.1, -0.05) is 103 Å². The summed E-state index contributed by atoms with van der Waals surface area (Å²) in [5.41, 5.74) is 2.79. The van der Waals surface area contributed by atoms with E-state index in [2.05, 4.69) is 46.4 Å². The van der Waals surface area contributed by atoms with E-state index in [4.69, 9.17) is 56.8 Å². The number of nitrogens with two attached hydrogens (primary N) is 1. The van der Waals surface area contributed by atoms with Crippen LogP contribution in [0, 0.1) is 0 Å². The van der Waals surface area contributed by atoms with Gasteiger partial charge in [0, 0.05) is 0 Å². The van der Waals surface area contributed by atoms with E-state index in [1.165, 1.54) is 101 Å². The van der Waals surface area contributed by atoms with Crippen LogP contribution in [0.5, 0.6) is 5.75 Å². The number of benzene rings is 1. The van der Waals surface area contributed by atoms with E-state index in [9.17, 15) is 8.42 Å². The van der Waals surface area contributed by atoms with Crippen LogP contribution < -0.4 is 10.6 Å². The van der Waals surface area contributed by atoms with Gasteiger partial charge in [-0.15, -0.1) is 0 Å². The Morgan fingerprint density at radius 3 is 1.03 bits per heavy atom. The van der Waals surface area contributed by atoms with E-state index in [1.54, 1.807) is 0 Å². The lowest BCUT2D eigenvalue weighted by atomic mass is 9.99. The highest BCUT2D eigenvalue weighted by molar-refractivity contribution is 7.81. The standard InChI is InChI=1S/C48H91NO16S/c1-3-5-7-9-11-13-15-17-46-19-20-48(47(45-46)18-16-14-12-10-8-6-4-2)63-43-41-61-39-37-59-35-33-57-31-29-55-27-25-53-23-21-52-22-24-54-26-28-56-30-32-58-34-36-60-38-40-62-42-44-64-66(50,51)65-49/h19-20,45H,3-18,21-44,49H2,1-2H3. The molecule has 0 fully saturated rings. The summed E-state index contributed by atoms with van der Waals surface area (Å²) in [4.78, 5) is 0. The molecule has 0 radical (unpaired) electrons. The largest absolute Gasteiger partial charge is 0.491 e. The van der Waals surface area contributed by atoms with Crippen molar-refractivity contribution in [2.75, 3.05) is 159 Å². The molecule has 390 valence electrons. The van der Waals surface area contributed by atoms with Crippen molar-refractivity contribution >= 4 is 10.4 Å². The predicted octanol–water partition coefficient (Wildman–Crippen LogP) is 6.99. The Hall–Kier alpha value is -1.59. The van der Waals surface area contributed by atoms with E-state index in [0.717, 1.165) is 18.6 Å². The molecule has 0 aliphatic heterocycles. The van der Waals surface area contributed by atoms with Gasteiger partial charge in [-0.25, -0.2) is 4.18 Å². The van der Waals surface area contributed by atoms with Crippen molar-refractivity contribution in [3.63, 3.8) is 0 Å². The van der Waals surface area contributed by atoms with Gasteiger partial charge in [-0.3, -0.25) is 0 Å². The highest BCUT2D eigenvalue weighted by Crippen LogP contribution is 2.24. The fourth-order valence-electron chi connectivity index (χ4n) is 6.42. The Kier molecular flexibility index (Phi) is 47.1. The van der Waals surface area contributed by atoms with Crippen molar-refractivity contribution in [2.24, 2.45) is 5.90 Å². The summed E-state index contributed by atoms with van der Waals surface area (Å²) < 4.78 is 96.4. The van der Waals surface area contributed by atoms with Gasteiger partial charge in [-0.2, -0.15) is 18.6 Å². The molecule has 0 atom stereocenters. The van der Waals surface area contributed by atoms with Crippen LogP contribution >= 0.6 is 0 Å². The fraction of sp³-hybridized carbons (Fsp3) is 0.875. The zero-order valence-corrected chi connectivity index (χ0v) is 41.9. The highest BCUT2D eigenvalue weighted by atomic mass is 32.3. The first-order chi connectivity index (χ1) is 32.5. The molecule has 0 amide bonds. The quantitative estimate of drug-likeness (QED) is 0.0519. The highest BCUT2D eigenvalue weighted by Gasteiger charge is 2.09. The average Bonchev–Trinajstić information content (AvgIpc) is 3.32. The molecule has 2 N–H and O–H groups in total. The van der Waals surface area contributed by atoms with E-state index in [0.29, 0.717) is 139 Å². The maximum absolute atomic E-state index is 10.8. The zero-order valence-electron chi connectivity index (χ0n) is 41.0. The molecular formula is C48H91NO16S. The SMILES string of the molecule is CCCCCCCCCc1ccc(OCCOCCOCCOCCOCCOCCOCCOCCOCCOCCOCCOCCOS(=O)(=O)ON)c(CCCCCCCCC)c1. The Labute approximate surface area is 399 Å². The van der Waals surface area contributed by atoms with E-state index in [-0.39, 0.29) is 19.8 Å². The Bertz CT molecular complexity index is 1250. The lowest BCUT2D eigenvalue weighted by molar-refractivity contribution is -0.0279. The number of hydrogen-bond acceptors (Lipinski definition) is 17. The van der Waals surface area contributed by atoms with Crippen LogP contribution in [0.4, 0.5) is 0 Å². The fourth-order valence-corrected chi connectivity index (χ4v) is 6.75. The summed E-state index contributed by atoms with van der Waals surface area (Å²) in [6.45, 7) is 14.7. The molecule has 0 unspecified atom stereocenters. The van der Waals surface area contributed by atoms with Gasteiger partial charge in [0.2, 0.25) is 0 Å². The first kappa shape index (κ1) is 62.4. The molecule has 66 heavy (non-hydrogen) atoms. The molecular weight excluding hydrogens is 879 g/mol. The lowest BCUT2D eigenvalue weighted by Crippen LogP contribution is -2.18. The Morgan fingerprint density at radius 1 is 0.379 bits per heavy atom. The minimum atomic E-state index is -4.15. The molecule has 0 spiro atoms. The summed E-state index contributed by atoms with van der Waals surface area (Å²) in [6, 6.07) is 6.84. The number of ether oxygens (including phenoxy) is 12. The van der Waals surface area contributed by atoms with Crippen molar-refractivity contribution in [2.45, 2.75) is 117 Å². The predicted molar refractivity (Wildman–Crippen MR) is 254 cm³/mol. The molecule has 0 bridgehead atoms. The first-order valence-electron chi connectivity index (χ1n) is 24.9. The van der Waals surface area contributed by atoms with Gasteiger partial charge in [0.15, 0.2) is 0 Å². The lowest BCUT2D eigenvalue weighted by Gasteiger charge is -2.14. The summed E-state index contributed by atoms with van der Waals surface area (Å²) in [6.07, 6.45) is 20.8. The van der Waals surface area contributed by atoms with Gasteiger partial charge < -0.3 is 56.8 Å². The van der Waals surface area contributed by atoms with Crippen LogP contribution in [0.2, 0.25) is 0 Å². The van der Waals surface area contributed by atoms with Crippen LogP contribution in [0.15, 0.2) is 18.2 Å². The molecule has 1 aromatic rings. The second-order valence-electron chi connectivity index (χ2n) is 15.6. The van der Waals surface area contributed by atoms with E-state index < -0.39 is 10.4 Å². The van der Waals surface area contributed by atoms with Gasteiger partial charge >= 0.3 is 10.4 Å². The van der Waals surface area contributed by atoms with Crippen LogP contribution in [0.1, 0.15) is 115 Å². The molecule has 17 nitrogen and oxygen atoms in total. The van der Waals surface area contributed by atoms with Crippen LogP contribution in [-0.2, 0) is 83.8 Å². The van der Waals surface area contributed by atoms with Crippen molar-refractivity contribution < 1.29 is 73.7 Å². The van der Waals surface area contributed by atoms with Gasteiger partial charge in [0.1, 0.15) is 12.4 Å². The zero-order chi connectivity index (χ0) is 47.5. The maximum Gasteiger partial charge on any atom is 0.415 e. The molecule has 1 aromatic carbocycles. The number of unbranched alkanes of at least 4 members (excludes halogenated alkanes) is 12. The molecule has 0 saturated carbocycles. The van der Waals surface area contributed by atoms with Crippen molar-refractivity contribution in [1.82, 2.24) is 0 Å². The molecule has 0 aliphatic carbocycles. The van der Waals surface area contributed by atoms with Gasteiger partial charge in [-0.05, 0) is 42.9 Å². The second-order valence-corrected chi connectivity index (χ2v) is 16.8. The van der Waals surface area contributed by atoms with Crippen molar-refractivity contribution in [3.8, 4) is 5.75 Å². The summed E-state index contributed by atoms with van der Waals surface area (Å²) in [5.74, 6) is 5.55. The second kappa shape index (κ2) is 49.8. The number of hydrogen-bond donors (Lipinski definition) is 1. The third-order valence-electron chi connectivity index (χ3n) is 10.0. The van der Waals surface area contributed by atoms with Crippen LogP contribution in [-0.4, -0.2) is 167 Å². The third kappa shape index (κ3) is 43.7. The van der Waals surface area contributed by atoms with Gasteiger partial charge in [0.05, 0.1) is 152 Å². The third-order valence-corrected chi connectivity index (χ3v) is 10.7. The number of rotatable bonds is 55. The molecule has 18 heteroatoms. The molecule has 0 saturated heterocycles. The molecule has 0 aromatic heterocycles. The van der Waals surface area contributed by atoms with Crippen LogP contribution in [0.3, 0.4) is 0 Å². The van der Waals surface area contributed by atoms with Crippen LogP contribution in [0.25, 0.3) is 0 Å². The molecule has 1 rings (SSSR count). The minimum Gasteiger partial charge on any atom is -0.491 e. The minimum absolute atomic E-state index is 0.0603.